The molecule has 39 heavy (non-hydrogen) atoms. The van der Waals surface area contributed by atoms with Gasteiger partial charge in [-0.25, -0.2) is 0 Å². The summed E-state index contributed by atoms with van der Waals surface area (Å²) in [7, 11) is 0. The van der Waals surface area contributed by atoms with Crippen LogP contribution in [0, 0.1) is 41.5 Å². The average molecular weight is 503 g/mol. The van der Waals surface area contributed by atoms with Crippen LogP contribution >= 0.6 is 0 Å². The van der Waals surface area contributed by atoms with E-state index in [2.05, 4.69) is 126 Å². The third-order valence-electron chi connectivity index (χ3n) is 8.21. The van der Waals surface area contributed by atoms with Crippen molar-refractivity contribution >= 4 is 44.8 Å². The number of fused-ring (bicyclic) bond motifs is 3. The molecule has 5 aromatic carbocycles. The Morgan fingerprint density at radius 3 is 1.79 bits per heavy atom. The zero-order valence-corrected chi connectivity index (χ0v) is 23.8. The van der Waals surface area contributed by atoms with E-state index in [9.17, 15) is 0 Å². The maximum Gasteiger partial charge on any atom is 0.242 e. The number of aryl methyl sites for hydroxylation is 6. The standard InChI is InChI=1S/C37H34BN/c1-23-18-25(3)35(26(4)19-23)38(36-27(5)20-24(2)21-28(36)6)31-12-7-10-30(22-31)32-13-8-14-34-33(32)16-15-29-11-9-17-39-37(29)34/h7-22H,1-6H3. The minimum Gasteiger partial charge on any atom is -0.256 e. The Bertz CT molecular complexity index is 1780. The summed E-state index contributed by atoms with van der Waals surface area (Å²) in [6.07, 6.45) is 1.89. The molecule has 0 N–H and O–H groups in total. The normalized spacial score (nSPS) is 11.3. The Balaban J connectivity index is 1.60. The van der Waals surface area contributed by atoms with Crippen molar-refractivity contribution < 1.29 is 0 Å². The average Bonchev–Trinajstić information content (AvgIpc) is 2.91. The largest absolute Gasteiger partial charge is 0.256 e. The van der Waals surface area contributed by atoms with Gasteiger partial charge in [-0.2, -0.15) is 0 Å². The number of nitrogens with zero attached hydrogens (tertiary/aromatic N) is 1. The molecule has 2 heteroatoms. The summed E-state index contributed by atoms with van der Waals surface area (Å²) in [5.41, 5.74) is 15.7. The maximum absolute atomic E-state index is 4.72. The van der Waals surface area contributed by atoms with Crippen molar-refractivity contribution in [3.05, 3.63) is 131 Å². The van der Waals surface area contributed by atoms with Gasteiger partial charge < -0.3 is 0 Å². The summed E-state index contributed by atoms with van der Waals surface area (Å²) in [6.45, 7) is 13.6. The number of pyridine rings is 1. The lowest BCUT2D eigenvalue weighted by Crippen LogP contribution is -2.55. The van der Waals surface area contributed by atoms with Gasteiger partial charge in [0.15, 0.2) is 0 Å². The van der Waals surface area contributed by atoms with Gasteiger partial charge in [0.1, 0.15) is 0 Å². The van der Waals surface area contributed by atoms with Crippen molar-refractivity contribution in [3.8, 4) is 11.1 Å². The molecule has 0 aliphatic rings. The van der Waals surface area contributed by atoms with E-state index in [4.69, 9.17) is 4.98 Å². The second kappa shape index (κ2) is 9.86. The van der Waals surface area contributed by atoms with Gasteiger partial charge in [-0.1, -0.05) is 135 Å². The fraction of sp³-hybridized carbons (Fsp3) is 0.162. The molecule has 1 heterocycles. The third-order valence-corrected chi connectivity index (χ3v) is 8.21. The summed E-state index contributed by atoms with van der Waals surface area (Å²) in [4.78, 5) is 4.72. The summed E-state index contributed by atoms with van der Waals surface area (Å²) < 4.78 is 0. The second-order valence-electron chi connectivity index (χ2n) is 11.2. The third kappa shape index (κ3) is 4.44. The molecule has 0 saturated heterocycles. The van der Waals surface area contributed by atoms with Crippen molar-refractivity contribution in [2.75, 3.05) is 0 Å². The molecule has 0 radical (unpaired) electrons. The van der Waals surface area contributed by atoms with Gasteiger partial charge in [0.25, 0.3) is 0 Å². The van der Waals surface area contributed by atoms with Crippen LogP contribution < -0.4 is 16.4 Å². The van der Waals surface area contributed by atoms with E-state index in [-0.39, 0.29) is 6.71 Å². The first kappa shape index (κ1) is 25.1. The Morgan fingerprint density at radius 1 is 0.538 bits per heavy atom. The molecule has 0 aliphatic carbocycles. The number of hydrogen-bond donors (Lipinski definition) is 0. The van der Waals surface area contributed by atoms with Gasteiger partial charge in [0.05, 0.1) is 5.52 Å². The first-order valence-electron chi connectivity index (χ1n) is 13.8. The van der Waals surface area contributed by atoms with Crippen LogP contribution in [0.3, 0.4) is 0 Å². The second-order valence-corrected chi connectivity index (χ2v) is 11.2. The number of hydrogen-bond acceptors (Lipinski definition) is 1. The molecule has 190 valence electrons. The lowest BCUT2D eigenvalue weighted by atomic mass is 9.34. The van der Waals surface area contributed by atoms with E-state index >= 15 is 0 Å². The zero-order chi connectivity index (χ0) is 27.3. The van der Waals surface area contributed by atoms with Crippen molar-refractivity contribution in [1.29, 1.82) is 0 Å². The van der Waals surface area contributed by atoms with Crippen LogP contribution in [0.25, 0.3) is 32.8 Å². The fourth-order valence-electron chi connectivity index (χ4n) is 6.81. The van der Waals surface area contributed by atoms with Gasteiger partial charge in [-0.15, -0.1) is 0 Å². The van der Waals surface area contributed by atoms with E-state index in [1.807, 2.05) is 12.3 Å². The highest BCUT2D eigenvalue weighted by Gasteiger charge is 2.28. The molecule has 0 unspecified atom stereocenters. The molecule has 0 bridgehead atoms. The van der Waals surface area contributed by atoms with Crippen LogP contribution in [0.2, 0.25) is 0 Å². The van der Waals surface area contributed by atoms with Gasteiger partial charge in [-0.05, 0) is 64.1 Å². The summed E-state index contributed by atoms with van der Waals surface area (Å²) in [6, 6.07) is 33.7. The highest BCUT2D eigenvalue weighted by atomic mass is 14.6. The minimum absolute atomic E-state index is 0.156. The number of aromatic nitrogens is 1. The smallest absolute Gasteiger partial charge is 0.242 e. The fourth-order valence-corrected chi connectivity index (χ4v) is 6.81. The van der Waals surface area contributed by atoms with Crippen molar-refractivity contribution in [2.45, 2.75) is 41.5 Å². The Morgan fingerprint density at radius 2 is 1.15 bits per heavy atom. The molecule has 0 fully saturated rings. The monoisotopic (exact) mass is 503 g/mol. The molecule has 1 nitrogen and oxygen atoms in total. The van der Waals surface area contributed by atoms with E-state index < -0.39 is 0 Å². The molecule has 6 aromatic rings. The molecule has 0 spiro atoms. The predicted molar refractivity (Wildman–Crippen MR) is 171 cm³/mol. The first-order valence-corrected chi connectivity index (χ1v) is 13.8. The lowest BCUT2D eigenvalue weighted by Gasteiger charge is -2.25. The Kier molecular flexibility index (Phi) is 6.35. The van der Waals surface area contributed by atoms with Crippen LogP contribution in [0.4, 0.5) is 0 Å². The topological polar surface area (TPSA) is 12.9 Å². The van der Waals surface area contributed by atoms with Crippen molar-refractivity contribution in [1.82, 2.24) is 4.98 Å². The number of rotatable bonds is 4. The molecule has 0 amide bonds. The molecule has 0 aliphatic heterocycles. The summed E-state index contributed by atoms with van der Waals surface area (Å²) in [5, 5.41) is 3.61. The molecular formula is C37H34BN. The summed E-state index contributed by atoms with van der Waals surface area (Å²) >= 11 is 0. The Hall–Kier alpha value is -4.17. The molecule has 0 atom stereocenters. The van der Waals surface area contributed by atoms with Crippen LogP contribution in [-0.2, 0) is 0 Å². The predicted octanol–water partition coefficient (Wildman–Crippen LogP) is 7.42. The zero-order valence-electron chi connectivity index (χ0n) is 23.8. The van der Waals surface area contributed by atoms with Gasteiger partial charge in [-0.3, -0.25) is 4.98 Å². The molecule has 0 saturated carbocycles. The van der Waals surface area contributed by atoms with E-state index in [0.29, 0.717) is 0 Å². The highest BCUT2D eigenvalue weighted by Crippen LogP contribution is 2.32. The van der Waals surface area contributed by atoms with E-state index in [1.54, 1.807) is 0 Å². The SMILES string of the molecule is Cc1cc(C)c(B(c2cccc(-c3cccc4c3ccc3cccnc34)c2)c2c(C)cc(C)cc2C)c(C)c1. The highest BCUT2D eigenvalue weighted by molar-refractivity contribution is 6.96. The van der Waals surface area contributed by atoms with Crippen molar-refractivity contribution in [2.24, 2.45) is 0 Å². The van der Waals surface area contributed by atoms with Gasteiger partial charge >= 0.3 is 0 Å². The van der Waals surface area contributed by atoms with E-state index in [1.165, 1.54) is 77.1 Å². The first-order chi connectivity index (χ1) is 18.8. The van der Waals surface area contributed by atoms with Crippen LogP contribution in [0.15, 0.2) is 97.2 Å². The molecule has 1 aromatic heterocycles. The van der Waals surface area contributed by atoms with Crippen molar-refractivity contribution in [3.63, 3.8) is 0 Å². The van der Waals surface area contributed by atoms with Crippen LogP contribution in [0.5, 0.6) is 0 Å². The Labute approximate surface area is 232 Å². The van der Waals surface area contributed by atoms with Crippen LogP contribution in [-0.4, -0.2) is 11.7 Å². The van der Waals surface area contributed by atoms with E-state index in [0.717, 1.165) is 5.52 Å². The van der Waals surface area contributed by atoms with Crippen LogP contribution in [0.1, 0.15) is 33.4 Å². The minimum atomic E-state index is 0.156. The maximum atomic E-state index is 4.72. The molecule has 6 rings (SSSR count). The quantitative estimate of drug-likeness (QED) is 0.180. The van der Waals surface area contributed by atoms with Gasteiger partial charge in [0, 0.05) is 17.0 Å². The molecular weight excluding hydrogens is 469 g/mol. The summed E-state index contributed by atoms with van der Waals surface area (Å²) in [5.74, 6) is 0. The lowest BCUT2D eigenvalue weighted by molar-refractivity contribution is 1.34. The number of benzene rings is 5. The van der Waals surface area contributed by atoms with Gasteiger partial charge in [0.2, 0.25) is 6.71 Å².